The largest absolute Gasteiger partial charge is 0.480 e. The van der Waals surface area contributed by atoms with Crippen molar-refractivity contribution >= 4 is 29.4 Å². The number of nitrogens with two attached hydrogens (primary N) is 1. The van der Waals surface area contributed by atoms with Gasteiger partial charge in [0.15, 0.2) is 0 Å². The van der Waals surface area contributed by atoms with Crippen molar-refractivity contribution in [3.05, 3.63) is 30.3 Å². The predicted octanol–water partition coefficient (Wildman–Crippen LogP) is 0.953. The molecule has 1 aromatic carbocycles. The molecule has 0 heterocycles. The third kappa shape index (κ3) is 6.68. The summed E-state index contributed by atoms with van der Waals surface area (Å²) in [5.41, 5.74) is 6.06. The second kappa shape index (κ2) is 8.39. The molecule has 1 atom stereocenters. The third-order valence-electron chi connectivity index (χ3n) is 2.18. The van der Waals surface area contributed by atoms with Crippen molar-refractivity contribution in [1.29, 1.82) is 0 Å². The number of thioether (sulfide) groups is 1. The number of benzene rings is 1. The number of carboxylic acids is 1. The van der Waals surface area contributed by atoms with Crippen molar-refractivity contribution in [2.45, 2.75) is 6.04 Å². The molecule has 0 aliphatic rings. The summed E-state index contributed by atoms with van der Waals surface area (Å²) in [4.78, 5) is 21.9. The van der Waals surface area contributed by atoms with Crippen LogP contribution in [0, 0.1) is 0 Å². The van der Waals surface area contributed by atoms with E-state index >= 15 is 0 Å². The molecule has 0 spiro atoms. The zero-order valence-corrected chi connectivity index (χ0v) is 11.2. The number of hydrogen-bond acceptors (Lipinski definition) is 4. The topological polar surface area (TPSA) is 104 Å². The number of para-hydroxylation sites is 1. The SMILES string of the molecule is N[C@@H](CSCCNC(=O)Nc1ccccc1)C(=O)O. The maximum absolute atomic E-state index is 11.5. The van der Waals surface area contributed by atoms with Crippen molar-refractivity contribution < 1.29 is 14.7 Å². The number of aliphatic carboxylic acids is 1. The van der Waals surface area contributed by atoms with Crippen molar-refractivity contribution in [3.63, 3.8) is 0 Å². The van der Waals surface area contributed by atoms with Gasteiger partial charge in [-0.3, -0.25) is 4.79 Å². The molecule has 0 aromatic heterocycles. The van der Waals surface area contributed by atoms with Crippen molar-refractivity contribution in [1.82, 2.24) is 5.32 Å². The number of carbonyl (C=O) groups excluding carboxylic acids is 1. The highest BCUT2D eigenvalue weighted by Crippen LogP contribution is 2.04. The summed E-state index contributed by atoms with van der Waals surface area (Å²) in [6.45, 7) is 0.454. The predicted molar refractivity (Wildman–Crippen MR) is 76.4 cm³/mol. The van der Waals surface area contributed by atoms with Gasteiger partial charge in [0.05, 0.1) is 0 Å². The second-order valence-electron chi connectivity index (χ2n) is 3.77. The Morgan fingerprint density at radius 1 is 1.32 bits per heavy atom. The molecule has 1 rings (SSSR count). The molecule has 0 fully saturated rings. The quantitative estimate of drug-likeness (QED) is 0.558. The fourth-order valence-corrected chi connectivity index (χ4v) is 2.02. The van der Waals surface area contributed by atoms with Crippen LogP contribution in [0.2, 0.25) is 0 Å². The molecule has 0 aliphatic heterocycles. The van der Waals surface area contributed by atoms with E-state index in [2.05, 4.69) is 10.6 Å². The van der Waals surface area contributed by atoms with E-state index in [9.17, 15) is 9.59 Å². The number of anilines is 1. The van der Waals surface area contributed by atoms with Gasteiger partial charge in [-0.25, -0.2) is 4.79 Å². The number of carboxylic acid groups (broad SMARTS) is 1. The summed E-state index contributed by atoms with van der Waals surface area (Å²) in [5, 5.41) is 13.9. The zero-order chi connectivity index (χ0) is 14.1. The number of carbonyl (C=O) groups is 2. The maximum atomic E-state index is 11.5. The van der Waals surface area contributed by atoms with Gasteiger partial charge in [0.25, 0.3) is 0 Å². The molecule has 0 saturated carbocycles. The van der Waals surface area contributed by atoms with Gasteiger partial charge in [-0.2, -0.15) is 11.8 Å². The summed E-state index contributed by atoms with van der Waals surface area (Å²) in [7, 11) is 0. The highest BCUT2D eigenvalue weighted by Gasteiger charge is 2.10. The molecule has 0 radical (unpaired) electrons. The Bertz CT molecular complexity index is 414. The Kier molecular flexibility index (Phi) is 6.76. The minimum absolute atomic E-state index is 0.283. The average Bonchev–Trinajstić information content (AvgIpc) is 2.39. The third-order valence-corrected chi connectivity index (χ3v) is 3.27. The van der Waals surface area contributed by atoms with Crippen LogP contribution in [-0.4, -0.2) is 41.2 Å². The molecule has 0 unspecified atom stereocenters. The first kappa shape index (κ1) is 15.3. The number of amides is 2. The molecular formula is C12H17N3O3S. The molecule has 0 saturated heterocycles. The Balaban J connectivity index is 2.10. The van der Waals surface area contributed by atoms with E-state index in [1.54, 1.807) is 12.1 Å². The monoisotopic (exact) mass is 283 g/mol. The molecule has 0 aliphatic carbocycles. The number of urea groups is 1. The van der Waals surface area contributed by atoms with Crippen LogP contribution in [0.15, 0.2) is 30.3 Å². The van der Waals surface area contributed by atoms with Gasteiger partial charge in [-0.15, -0.1) is 0 Å². The summed E-state index contributed by atoms with van der Waals surface area (Å²) in [6, 6.07) is 7.97. The lowest BCUT2D eigenvalue weighted by Crippen LogP contribution is -2.34. The van der Waals surface area contributed by atoms with E-state index in [0.717, 1.165) is 5.69 Å². The van der Waals surface area contributed by atoms with Crippen molar-refractivity contribution in [2.24, 2.45) is 5.73 Å². The molecule has 5 N–H and O–H groups in total. The second-order valence-corrected chi connectivity index (χ2v) is 4.92. The van der Waals surface area contributed by atoms with Gasteiger partial charge in [0.1, 0.15) is 6.04 Å². The zero-order valence-electron chi connectivity index (χ0n) is 10.3. The van der Waals surface area contributed by atoms with Crippen LogP contribution in [0.3, 0.4) is 0 Å². The molecule has 19 heavy (non-hydrogen) atoms. The van der Waals surface area contributed by atoms with Crippen molar-refractivity contribution in [3.8, 4) is 0 Å². The lowest BCUT2D eigenvalue weighted by Gasteiger charge is -2.08. The smallest absolute Gasteiger partial charge is 0.321 e. The Morgan fingerprint density at radius 2 is 2.00 bits per heavy atom. The van der Waals surface area contributed by atoms with Crippen LogP contribution in [-0.2, 0) is 4.79 Å². The van der Waals surface area contributed by atoms with Gasteiger partial charge < -0.3 is 21.5 Å². The lowest BCUT2D eigenvalue weighted by molar-refractivity contribution is -0.137. The molecule has 7 heteroatoms. The van der Waals surface area contributed by atoms with Gasteiger partial charge in [0.2, 0.25) is 0 Å². The van der Waals surface area contributed by atoms with E-state index in [1.807, 2.05) is 18.2 Å². The van der Waals surface area contributed by atoms with E-state index in [-0.39, 0.29) is 6.03 Å². The van der Waals surface area contributed by atoms with E-state index in [4.69, 9.17) is 10.8 Å². The Morgan fingerprint density at radius 3 is 2.63 bits per heavy atom. The van der Waals surface area contributed by atoms with E-state index in [0.29, 0.717) is 18.1 Å². The van der Waals surface area contributed by atoms with Crippen molar-refractivity contribution in [2.75, 3.05) is 23.4 Å². The van der Waals surface area contributed by atoms with E-state index in [1.165, 1.54) is 11.8 Å². The fraction of sp³-hybridized carbons (Fsp3) is 0.333. The Hall–Kier alpha value is -1.73. The van der Waals surface area contributed by atoms with Crippen LogP contribution >= 0.6 is 11.8 Å². The minimum atomic E-state index is -1.01. The highest BCUT2D eigenvalue weighted by molar-refractivity contribution is 7.99. The molecule has 1 aromatic rings. The molecular weight excluding hydrogens is 266 g/mol. The Labute approximate surface area is 115 Å². The summed E-state index contributed by atoms with van der Waals surface area (Å²) < 4.78 is 0. The molecule has 6 nitrogen and oxygen atoms in total. The minimum Gasteiger partial charge on any atom is -0.480 e. The van der Waals surface area contributed by atoms with E-state index < -0.39 is 12.0 Å². The molecule has 0 bridgehead atoms. The van der Waals surface area contributed by atoms with Gasteiger partial charge >= 0.3 is 12.0 Å². The lowest BCUT2D eigenvalue weighted by atomic mass is 10.3. The first-order valence-electron chi connectivity index (χ1n) is 5.75. The summed E-state index contributed by atoms with van der Waals surface area (Å²) in [6.07, 6.45) is 0. The van der Waals surface area contributed by atoms with Crippen LogP contribution < -0.4 is 16.4 Å². The molecule has 2 amide bonds. The van der Waals surface area contributed by atoms with Gasteiger partial charge in [-0.1, -0.05) is 18.2 Å². The number of nitrogens with one attached hydrogen (secondary N) is 2. The molecule has 104 valence electrons. The first-order valence-corrected chi connectivity index (χ1v) is 6.91. The van der Waals surface area contributed by atoms with Crippen LogP contribution in [0.1, 0.15) is 0 Å². The van der Waals surface area contributed by atoms with Crippen LogP contribution in [0.5, 0.6) is 0 Å². The summed E-state index contributed by atoms with van der Waals surface area (Å²) >= 11 is 1.39. The standard InChI is InChI=1S/C12H17N3O3S/c13-10(11(16)17)8-19-7-6-14-12(18)15-9-4-2-1-3-5-9/h1-5,10H,6-8,13H2,(H,16,17)(H2,14,15,18)/t10-/m0/s1. The van der Waals surface area contributed by atoms with Crippen LogP contribution in [0.4, 0.5) is 10.5 Å². The number of rotatable bonds is 7. The van der Waals surface area contributed by atoms with Gasteiger partial charge in [-0.05, 0) is 12.1 Å². The average molecular weight is 283 g/mol. The fourth-order valence-electron chi connectivity index (χ4n) is 1.22. The maximum Gasteiger partial charge on any atom is 0.321 e. The number of hydrogen-bond donors (Lipinski definition) is 4. The van der Waals surface area contributed by atoms with Gasteiger partial charge in [0, 0.05) is 23.7 Å². The highest BCUT2D eigenvalue weighted by atomic mass is 32.2. The summed E-state index contributed by atoms with van der Waals surface area (Å²) in [5.74, 6) is -0.0668. The van der Waals surface area contributed by atoms with Crippen LogP contribution in [0.25, 0.3) is 0 Å². The first-order chi connectivity index (χ1) is 9.09. The normalized spacial score (nSPS) is 11.6.